The van der Waals surface area contributed by atoms with Crippen molar-refractivity contribution in [3.63, 3.8) is 0 Å². The summed E-state index contributed by atoms with van der Waals surface area (Å²) in [5, 5.41) is 1.93. The third kappa shape index (κ3) is 3.68. The van der Waals surface area contributed by atoms with Gasteiger partial charge < -0.3 is 4.74 Å². The first-order valence-corrected chi connectivity index (χ1v) is 10.8. The Morgan fingerprint density at radius 2 is 1.38 bits per heavy atom. The van der Waals surface area contributed by atoms with E-state index in [0.717, 1.165) is 22.4 Å². The fourth-order valence-electron chi connectivity index (χ4n) is 4.67. The average Bonchev–Trinajstić information content (AvgIpc) is 3.32. The number of rotatable bonds is 6. The van der Waals surface area contributed by atoms with E-state index in [1.54, 1.807) is 7.11 Å². The lowest BCUT2D eigenvalue weighted by molar-refractivity contribution is -0.142. The van der Waals surface area contributed by atoms with Crippen molar-refractivity contribution >= 4 is 11.8 Å². The van der Waals surface area contributed by atoms with Crippen molar-refractivity contribution in [3.05, 3.63) is 102 Å². The highest BCUT2D eigenvalue weighted by Crippen LogP contribution is 2.41. The molecule has 32 heavy (non-hydrogen) atoms. The summed E-state index contributed by atoms with van der Waals surface area (Å²) in [7, 11) is 1.63. The Labute approximate surface area is 187 Å². The van der Waals surface area contributed by atoms with Crippen LogP contribution < -0.4 is 10.2 Å². The van der Waals surface area contributed by atoms with E-state index < -0.39 is 12.0 Å². The quantitative estimate of drug-likeness (QED) is 0.612. The number of amides is 2. The van der Waals surface area contributed by atoms with Crippen LogP contribution in [-0.2, 0) is 22.7 Å². The summed E-state index contributed by atoms with van der Waals surface area (Å²) in [6.07, 6.45) is 0. The van der Waals surface area contributed by atoms with Gasteiger partial charge in [0.2, 0.25) is 11.8 Å². The summed E-state index contributed by atoms with van der Waals surface area (Å²) in [6.45, 7) is 0.826. The van der Waals surface area contributed by atoms with E-state index in [-0.39, 0.29) is 17.9 Å². The molecular weight excluding hydrogens is 402 g/mol. The smallest absolute Gasteiger partial charge is 0.249 e. The lowest BCUT2D eigenvalue weighted by atomic mass is 9.91. The van der Waals surface area contributed by atoms with E-state index in [1.165, 1.54) is 4.90 Å². The molecule has 6 heteroatoms. The number of carbonyl (C=O) groups excluding carboxylic acids is 2. The minimum Gasteiger partial charge on any atom is -0.497 e. The molecule has 2 saturated heterocycles. The maximum atomic E-state index is 13.5. The molecule has 0 spiro atoms. The molecule has 6 nitrogen and oxygen atoms in total. The number of carbonyl (C=O) groups is 2. The van der Waals surface area contributed by atoms with Crippen LogP contribution in [0.4, 0.5) is 0 Å². The van der Waals surface area contributed by atoms with Crippen molar-refractivity contribution in [2.24, 2.45) is 5.92 Å². The number of methoxy groups -OCH3 is 1. The fraction of sp³-hybridized carbons (Fsp3) is 0.231. The molecule has 5 rings (SSSR count). The zero-order chi connectivity index (χ0) is 22.1. The first-order chi connectivity index (χ1) is 15.7. The number of nitrogens with zero attached hydrogens (tertiary/aromatic N) is 2. The van der Waals surface area contributed by atoms with Gasteiger partial charge in [-0.2, -0.15) is 0 Å². The van der Waals surface area contributed by atoms with Crippen LogP contribution in [0.1, 0.15) is 22.7 Å². The molecule has 0 unspecified atom stereocenters. The number of benzene rings is 3. The Kier molecular flexibility index (Phi) is 5.47. The molecule has 1 N–H and O–H groups in total. The first kappa shape index (κ1) is 20.4. The van der Waals surface area contributed by atoms with Gasteiger partial charge in [-0.15, -0.1) is 0 Å². The lowest BCUT2D eigenvalue weighted by Gasteiger charge is -2.25. The Morgan fingerprint density at radius 1 is 0.781 bits per heavy atom. The van der Waals surface area contributed by atoms with Crippen molar-refractivity contribution < 1.29 is 14.3 Å². The molecule has 0 bridgehead atoms. The molecule has 3 atom stereocenters. The third-order valence-electron chi connectivity index (χ3n) is 6.26. The minimum absolute atomic E-state index is 0.132. The number of likely N-dealkylation sites (tertiary alicyclic amines) is 1. The average molecular weight is 428 g/mol. The van der Waals surface area contributed by atoms with E-state index in [2.05, 4.69) is 5.43 Å². The van der Waals surface area contributed by atoms with Crippen LogP contribution >= 0.6 is 0 Å². The normalized spacial score (nSPS) is 22.9. The van der Waals surface area contributed by atoms with Gasteiger partial charge in [0, 0.05) is 6.54 Å². The summed E-state index contributed by atoms with van der Waals surface area (Å²) in [5.41, 5.74) is 6.44. The minimum atomic E-state index is -0.543. The van der Waals surface area contributed by atoms with Gasteiger partial charge in [-0.05, 0) is 28.8 Å². The van der Waals surface area contributed by atoms with Gasteiger partial charge >= 0.3 is 0 Å². The van der Waals surface area contributed by atoms with E-state index in [0.29, 0.717) is 13.1 Å². The van der Waals surface area contributed by atoms with Gasteiger partial charge in [0.05, 0.1) is 25.6 Å². The number of hydrazine groups is 1. The van der Waals surface area contributed by atoms with Crippen molar-refractivity contribution in [2.75, 3.05) is 7.11 Å². The van der Waals surface area contributed by atoms with Gasteiger partial charge in [0.25, 0.3) is 0 Å². The molecule has 0 radical (unpaired) electrons. The molecule has 2 aliphatic rings. The van der Waals surface area contributed by atoms with Crippen LogP contribution in [0.25, 0.3) is 0 Å². The first-order valence-electron chi connectivity index (χ1n) is 10.8. The van der Waals surface area contributed by atoms with Gasteiger partial charge in [0.15, 0.2) is 0 Å². The van der Waals surface area contributed by atoms with Crippen LogP contribution in [0.5, 0.6) is 5.75 Å². The SMILES string of the molecule is COc1ccc([C@H]2NN(Cc3ccccc3)[C@@H]3C(=O)N(Cc4ccccc4)C(=O)[C@@H]23)cc1. The number of fused-ring (bicyclic) bond motifs is 1. The maximum Gasteiger partial charge on any atom is 0.249 e. The zero-order valence-electron chi connectivity index (χ0n) is 17.8. The highest BCUT2D eigenvalue weighted by molar-refractivity contribution is 6.07. The van der Waals surface area contributed by atoms with Crippen molar-refractivity contribution in [2.45, 2.75) is 25.2 Å². The Bertz CT molecular complexity index is 1100. The van der Waals surface area contributed by atoms with Gasteiger partial charge in [-0.25, -0.2) is 10.4 Å². The topological polar surface area (TPSA) is 61.9 Å². The molecule has 3 aromatic rings. The largest absolute Gasteiger partial charge is 0.497 e. The molecule has 3 aromatic carbocycles. The number of nitrogens with one attached hydrogen (secondary N) is 1. The molecular formula is C26H25N3O3. The van der Waals surface area contributed by atoms with E-state index in [1.807, 2.05) is 89.9 Å². The van der Waals surface area contributed by atoms with Crippen molar-refractivity contribution in [1.29, 1.82) is 0 Å². The van der Waals surface area contributed by atoms with Crippen LogP contribution in [0.2, 0.25) is 0 Å². The van der Waals surface area contributed by atoms with Crippen LogP contribution in [0, 0.1) is 5.92 Å². The molecule has 2 fully saturated rings. The second-order valence-electron chi connectivity index (χ2n) is 8.21. The lowest BCUT2D eigenvalue weighted by Crippen LogP contribution is -2.44. The molecule has 2 amide bonds. The summed E-state index contributed by atoms with van der Waals surface area (Å²) in [4.78, 5) is 28.4. The molecule has 0 saturated carbocycles. The molecule has 0 aromatic heterocycles. The predicted octanol–water partition coefficient (Wildman–Crippen LogP) is 3.31. The Morgan fingerprint density at radius 3 is 1.97 bits per heavy atom. The van der Waals surface area contributed by atoms with Crippen LogP contribution in [0.3, 0.4) is 0 Å². The van der Waals surface area contributed by atoms with Crippen LogP contribution in [-0.4, -0.2) is 34.9 Å². The number of ether oxygens (including phenoxy) is 1. The third-order valence-corrected chi connectivity index (χ3v) is 6.26. The molecule has 2 heterocycles. The molecule has 0 aliphatic carbocycles. The van der Waals surface area contributed by atoms with Gasteiger partial charge in [0.1, 0.15) is 11.8 Å². The standard InChI is InChI=1S/C26H25N3O3/c1-32-21-14-12-20(13-15-21)23-22-24(29(27-23)17-19-10-6-3-7-11-19)26(31)28(25(22)30)16-18-8-4-2-5-9-18/h2-15,22-24,27H,16-17H2,1H3/t22-,23+,24-/m0/s1. The van der Waals surface area contributed by atoms with E-state index in [9.17, 15) is 9.59 Å². The number of hydrogen-bond donors (Lipinski definition) is 1. The molecule has 2 aliphatic heterocycles. The van der Waals surface area contributed by atoms with E-state index in [4.69, 9.17) is 4.74 Å². The summed E-state index contributed by atoms with van der Waals surface area (Å²) in [6, 6.07) is 26.5. The van der Waals surface area contributed by atoms with Gasteiger partial charge in [-0.3, -0.25) is 14.5 Å². The highest BCUT2D eigenvalue weighted by atomic mass is 16.5. The zero-order valence-corrected chi connectivity index (χ0v) is 17.8. The molecule has 162 valence electrons. The fourth-order valence-corrected chi connectivity index (χ4v) is 4.67. The summed E-state index contributed by atoms with van der Waals surface area (Å²) in [5.74, 6) is -0.0108. The highest BCUT2D eigenvalue weighted by Gasteiger charge is 2.58. The second kappa shape index (κ2) is 8.57. The van der Waals surface area contributed by atoms with Crippen LogP contribution in [0.15, 0.2) is 84.9 Å². The second-order valence-corrected chi connectivity index (χ2v) is 8.21. The Balaban J connectivity index is 1.48. The van der Waals surface area contributed by atoms with Crippen molar-refractivity contribution in [1.82, 2.24) is 15.3 Å². The predicted molar refractivity (Wildman–Crippen MR) is 120 cm³/mol. The van der Waals surface area contributed by atoms with E-state index >= 15 is 0 Å². The van der Waals surface area contributed by atoms with Crippen molar-refractivity contribution in [3.8, 4) is 5.75 Å². The summed E-state index contributed by atoms with van der Waals surface area (Å²) < 4.78 is 5.28. The maximum absolute atomic E-state index is 13.5. The number of hydrogen-bond acceptors (Lipinski definition) is 5. The monoisotopic (exact) mass is 427 g/mol. The van der Waals surface area contributed by atoms with Gasteiger partial charge in [-0.1, -0.05) is 72.8 Å². The Hall–Kier alpha value is -3.48. The summed E-state index contributed by atoms with van der Waals surface area (Å²) >= 11 is 0. The number of imide groups is 1.